The molecule has 0 heterocycles. The third-order valence-electron chi connectivity index (χ3n) is 4.56. The average Bonchev–Trinajstić information content (AvgIpc) is 2.69. The third kappa shape index (κ3) is 5.01. The van der Waals surface area contributed by atoms with E-state index in [1.165, 1.54) is 0 Å². The summed E-state index contributed by atoms with van der Waals surface area (Å²) in [7, 11) is -13.3. The fourth-order valence-electron chi connectivity index (χ4n) is 3.15. The second-order valence-electron chi connectivity index (χ2n) is 6.68. The monoisotopic (exact) mass is 502 g/mol. The van der Waals surface area contributed by atoms with Crippen LogP contribution in [0.3, 0.4) is 0 Å². The van der Waals surface area contributed by atoms with Crippen molar-refractivity contribution in [2.75, 3.05) is 17.7 Å². The molecule has 0 radical (unpaired) electrons. The third-order valence-corrected chi connectivity index (χ3v) is 7.19. The highest BCUT2D eigenvalue weighted by Gasteiger charge is 2.26. The van der Waals surface area contributed by atoms with Crippen molar-refractivity contribution in [3.05, 3.63) is 54.1 Å². The summed E-state index contributed by atoms with van der Waals surface area (Å²) in [6.45, 7) is 0.140. The van der Waals surface area contributed by atoms with E-state index in [2.05, 4.69) is 10.6 Å². The molecule has 172 valence electrons. The molecule has 3 aromatic rings. The van der Waals surface area contributed by atoms with Gasteiger partial charge in [-0.3, -0.25) is 13.7 Å². The molecule has 3 rings (SSSR count). The number of fused-ring (bicyclic) bond motifs is 1. The molecule has 5 N–H and O–H groups in total. The molecular formula is C18H18N2O9S3. The lowest BCUT2D eigenvalue weighted by Crippen LogP contribution is -2.09. The quantitative estimate of drug-likeness (QED) is 0.298. The first-order valence-corrected chi connectivity index (χ1v) is 13.1. The summed E-state index contributed by atoms with van der Waals surface area (Å²) < 4.78 is 99.6. The van der Waals surface area contributed by atoms with E-state index in [1.54, 1.807) is 25.2 Å². The molecule has 0 aromatic heterocycles. The van der Waals surface area contributed by atoms with Gasteiger partial charge in [-0.25, -0.2) is 0 Å². The molecule has 0 spiro atoms. The Hall–Kier alpha value is -2.75. The van der Waals surface area contributed by atoms with Gasteiger partial charge in [0.25, 0.3) is 30.4 Å². The number of benzene rings is 3. The Morgan fingerprint density at radius 1 is 0.781 bits per heavy atom. The van der Waals surface area contributed by atoms with Crippen molar-refractivity contribution in [3.8, 4) is 0 Å². The van der Waals surface area contributed by atoms with Gasteiger partial charge < -0.3 is 10.6 Å². The van der Waals surface area contributed by atoms with Gasteiger partial charge in [0, 0.05) is 35.7 Å². The summed E-state index contributed by atoms with van der Waals surface area (Å²) in [6, 6.07) is 10.4. The van der Waals surface area contributed by atoms with Crippen LogP contribution in [0.15, 0.2) is 63.2 Å². The van der Waals surface area contributed by atoms with Crippen molar-refractivity contribution in [3.63, 3.8) is 0 Å². The molecule has 3 aromatic carbocycles. The van der Waals surface area contributed by atoms with Gasteiger partial charge in [-0.05, 0) is 42.0 Å². The van der Waals surface area contributed by atoms with E-state index in [9.17, 15) is 38.9 Å². The number of anilines is 2. The molecule has 0 saturated heterocycles. The number of nitrogens with one attached hydrogen (secondary N) is 2. The van der Waals surface area contributed by atoms with E-state index < -0.39 is 50.4 Å². The highest BCUT2D eigenvalue weighted by Crippen LogP contribution is 2.37. The zero-order chi connectivity index (χ0) is 23.9. The normalized spacial score (nSPS) is 12.6. The van der Waals surface area contributed by atoms with E-state index >= 15 is 0 Å². The van der Waals surface area contributed by atoms with E-state index in [4.69, 9.17) is 0 Å². The molecule has 0 aliphatic carbocycles. The minimum atomic E-state index is -5.09. The van der Waals surface area contributed by atoms with E-state index in [0.29, 0.717) is 12.1 Å². The second kappa shape index (κ2) is 8.31. The lowest BCUT2D eigenvalue weighted by molar-refractivity contribution is 0.478. The minimum Gasteiger partial charge on any atom is -0.388 e. The molecular weight excluding hydrogens is 484 g/mol. The predicted octanol–water partition coefficient (Wildman–Crippen LogP) is 2.23. The predicted molar refractivity (Wildman–Crippen MR) is 117 cm³/mol. The van der Waals surface area contributed by atoms with Crippen LogP contribution in [0.2, 0.25) is 0 Å². The number of hydrogen-bond donors (Lipinski definition) is 5. The SMILES string of the molecule is CNc1cccc(CNc2ccc(S(=O)(=O)O)c3cc(S(=O)(=O)O)cc(S(=O)(=O)O)c23)c1. The van der Waals surface area contributed by atoms with Crippen molar-refractivity contribution in [2.45, 2.75) is 21.2 Å². The van der Waals surface area contributed by atoms with Gasteiger partial charge in [0.15, 0.2) is 0 Å². The maximum Gasteiger partial charge on any atom is 0.295 e. The first-order chi connectivity index (χ1) is 14.7. The van der Waals surface area contributed by atoms with E-state index in [-0.39, 0.29) is 17.6 Å². The summed E-state index contributed by atoms with van der Waals surface area (Å²) in [4.78, 5) is -2.77. The standard InChI is InChI=1S/C18H18N2O9S3/c1-19-12-4-2-3-11(7-12)10-20-15-5-6-16(31(24,25)26)14-8-13(30(21,22)23)9-17(18(14)15)32(27,28)29/h2-9,19-20H,10H2,1H3,(H,21,22,23)(H,24,25,26)(H,27,28,29). The molecule has 0 amide bonds. The topological polar surface area (TPSA) is 187 Å². The highest BCUT2D eigenvalue weighted by atomic mass is 32.2. The van der Waals surface area contributed by atoms with Crippen LogP contribution in [0.1, 0.15) is 5.56 Å². The Morgan fingerprint density at radius 2 is 1.44 bits per heavy atom. The van der Waals surface area contributed by atoms with Crippen LogP contribution in [0.25, 0.3) is 10.8 Å². The van der Waals surface area contributed by atoms with E-state index in [1.807, 2.05) is 6.07 Å². The van der Waals surface area contributed by atoms with Crippen molar-refractivity contribution in [1.82, 2.24) is 0 Å². The second-order valence-corrected chi connectivity index (χ2v) is 10.9. The summed E-state index contributed by atoms with van der Waals surface area (Å²) in [5.41, 5.74) is 1.58. The summed E-state index contributed by atoms with van der Waals surface area (Å²) in [5, 5.41) is 4.94. The van der Waals surface area contributed by atoms with Crippen LogP contribution >= 0.6 is 0 Å². The van der Waals surface area contributed by atoms with Crippen molar-refractivity contribution < 1.29 is 38.9 Å². The largest absolute Gasteiger partial charge is 0.388 e. The van der Waals surface area contributed by atoms with Gasteiger partial charge in [0.1, 0.15) is 9.79 Å². The first-order valence-electron chi connectivity index (χ1n) is 8.75. The van der Waals surface area contributed by atoms with E-state index in [0.717, 1.165) is 23.4 Å². The Kier molecular flexibility index (Phi) is 6.21. The Balaban J connectivity index is 2.32. The summed E-state index contributed by atoms with van der Waals surface area (Å²) >= 11 is 0. The minimum absolute atomic E-state index is 0.0248. The molecule has 11 nitrogen and oxygen atoms in total. The van der Waals surface area contributed by atoms with Crippen LogP contribution in [0.4, 0.5) is 11.4 Å². The van der Waals surface area contributed by atoms with Gasteiger partial charge in [-0.1, -0.05) is 12.1 Å². The lowest BCUT2D eigenvalue weighted by Gasteiger charge is -2.16. The van der Waals surface area contributed by atoms with Crippen molar-refractivity contribution in [2.24, 2.45) is 0 Å². The maximum atomic E-state index is 12.0. The van der Waals surface area contributed by atoms with Gasteiger partial charge in [-0.15, -0.1) is 0 Å². The Labute approximate surface area is 184 Å². The molecule has 14 heteroatoms. The highest BCUT2D eigenvalue weighted by molar-refractivity contribution is 7.87. The van der Waals surface area contributed by atoms with Crippen molar-refractivity contribution >= 4 is 52.5 Å². The summed E-state index contributed by atoms with van der Waals surface area (Å²) in [6.07, 6.45) is 0. The molecule has 0 bridgehead atoms. The Morgan fingerprint density at radius 3 is 2.00 bits per heavy atom. The first kappa shape index (κ1) is 23.9. The summed E-state index contributed by atoms with van der Waals surface area (Å²) in [5.74, 6) is 0. The van der Waals surface area contributed by atoms with Crippen LogP contribution < -0.4 is 10.6 Å². The molecule has 0 fully saturated rings. The van der Waals surface area contributed by atoms with Crippen LogP contribution in [0, 0.1) is 0 Å². The van der Waals surface area contributed by atoms with Crippen LogP contribution in [-0.2, 0) is 36.9 Å². The smallest absolute Gasteiger partial charge is 0.295 e. The molecule has 32 heavy (non-hydrogen) atoms. The van der Waals surface area contributed by atoms with Gasteiger partial charge in [0.05, 0.1) is 4.90 Å². The van der Waals surface area contributed by atoms with Gasteiger partial charge in [0.2, 0.25) is 0 Å². The van der Waals surface area contributed by atoms with Crippen molar-refractivity contribution in [1.29, 1.82) is 0 Å². The van der Waals surface area contributed by atoms with Crippen LogP contribution in [0.5, 0.6) is 0 Å². The molecule has 0 atom stereocenters. The molecule has 0 aliphatic rings. The lowest BCUT2D eigenvalue weighted by atomic mass is 10.1. The zero-order valence-electron chi connectivity index (χ0n) is 16.3. The molecule has 0 unspecified atom stereocenters. The Bertz CT molecular complexity index is 1530. The van der Waals surface area contributed by atoms with Gasteiger partial charge in [-0.2, -0.15) is 25.3 Å². The average molecular weight is 503 g/mol. The fraction of sp³-hybridized carbons (Fsp3) is 0.111. The fourth-order valence-corrected chi connectivity index (χ4v) is 5.19. The molecule has 0 saturated carbocycles. The zero-order valence-corrected chi connectivity index (χ0v) is 18.8. The number of rotatable bonds is 7. The maximum absolute atomic E-state index is 12.0. The number of hydrogen-bond acceptors (Lipinski definition) is 8. The van der Waals surface area contributed by atoms with Gasteiger partial charge >= 0.3 is 0 Å². The molecule has 0 aliphatic heterocycles. The van der Waals surface area contributed by atoms with Crippen LogP contribution in [-0.4, -0.2) is 46.0 Å².